The Morgan fingerprint density at radius 3 is 2.65 bits per heavy atom. The van der Waals surface area contributed by atoms with Crippen LogP contribution >= 0.6 is 0 Å². The topological polar surface area (TPSA) is 26.3 Å². The van der Waals surface area contributed by atoms with E-state index >= 15 is 0 Å². The molecule has 23 heavy (non-hydrogen) atoms. The van der Waals surface area contributed by atoms with Crippen LogP contribution in [-0.4, -0.2) is 5.97 Å². The molecule has 0 saturated carbocycles. The van der Waals surface area contributed by atoms with Gasteiger partial charge in [-0.05, 0) is 44.2 Å². The number of carbonyl (C=O) groups is 1. The molecule has 0 heterocycles. The average Bonchev–Trinajstić information content (AvgIpc) is 2.59. The van der Waals surface area contributed by atoms with E-state index in [1.165, 1.54) is 44.1 Å². The number of rotatable bonds is 8. The molecule has 2 rings (SSSR count). The van der Waals surface area contributed by atoms with Gasteiger partial charge < -0.3 is 4.74 Å². The first kappa shape index (κ1) is 17.8. The van der Waals surface area contributed by atoms with E-state index in [-0.39, 0.29) is 11.9 Å². The third kappa shape index (κ3) is 5.85. The molecule has 2 atom stereocenters. The highest BCUT2D eigenvalue weighted by atomic mass is 16.5. The molecule has 2 heteroatoms. The van der Waals surface area contributed by atoms with Crippen LogP contribution < -0.4 is 4.74 Å². The van der Waals surface area contributed by atoms with Gasteiger partial charge in [0.1, 0.15) is 5.75 Å². The lowest BCUT2D eigenvalue weighted by Gasteiger charge is -2.24. The minimum atomic E-state index is -0.135. The summed E-state index contributed by atoms with van der Waals surface area (Å²) in [6.07, 6.45) is 12.4. The zero-order valence-corrected chi connectivity index (χ0v) is 14.6. The molecule has 2 unspecified atom stereocenters. The Bertz CT molecular complexity index is 504. The fourth-order valence-electron chi connectivity index (χ4n) is 3.27. The molecule has 1 aromatic carbocycles. The van der Waals surface area contributed by atoms with Gasteiger partial charge in [-0.25, -0.2) is 0 Å². The molecule has 0 fully saturated rings. The Balaban J connectivity index is 1.78. The molecule has 1 aliphatic carbocycles. The van der Waals surface area contributed by atoms with Crippen LogP contribution in [-0.2, 0) is 4.79 Å². The lowest BCUT2D eigenvalue weighted by Crippen LogP contribution is -2.21. The maximum absolute atomic E-state index is 12.3. The molecule has 0 spiro atoms. The first-order valence-electron chi connectivity index (χ1n) is 9.16. The maximum Gasteiger partial charge on any atom is 0.318 e. The largest absolute Gasteiger partial charge is 0.426 e. The van der Waals surface area contributed by atoms with Crippen LogP contribution in [0.1, 0.15) is 65.2 Å². The first-order valence-corrected chi connectivity index (χ1v) is 9.16. The second-order valence-electron chi connectivity index (χ2n) is 6.72. The van der Waals surface area contributed by atoms with Gasteiger partial charge in [-0.2, -0.15) is 0 Å². The number of hydrogen-bond donors (Lipinski definition) is 0. The van der Waals surface area contributed by atoms with Crippen molar-refractivity contribution >= 4 is 5.97 Å². The predicted molar refractivity (Wildman–Crippen MR) is 95.4 cm³/mol. The summed E-state index contributed by atoms with van der Waals surface area (Å²) < 4.78 is 5.47. The van der Waals surface area contributed by atoms with E-state index < -0.39 is 0 Å². The van der Waals surface area contributed by atoms with E-state index in [1.807, 2.05) is 37.3 Å². The summed E-state index contributed by atoms with van der Waals surface area (Å²) in [5.41, 5.74) is 1.26. The summed E-state index contributed by atoms with van der Waals surface area (Å²) in [7, 11) is 0. The van der Waals surface area contributed by atoms with Gasteiger partial charge >= 0.3 is 5.97 Å². The second kappa shape index (κ2) is 9.54. The van der Waals surface area contributed by atoms with Crippen molar-refractivity contribution in [3.63, 3.8) is 0 Å². The van der Waals surface area contributed by atoms with Crippen molar-refractivity contribution in [3.8, 4) is 5.75 Å². The summed E-state index contributed by atoms with van der Waals surface area (Å²) >= 11 is 0. The Hall–Kier alpha value is -1.57. The minimum Gasteiger partial charge on any atom is -0.426 e. The van der Waals surface area contributed by atoms with E-state index in [9.17, 15) is 4.79 Å². The SMILES string of the molecule is CCCCCCC1CC=C(C(C)C(=O)Oc2ccccc2)CC1. The fourth-order valence-corrected chi connectivity index (χ4v) is 3.27. The minimum absolute atomic E-state index is 0.128. The van der Waals surface area contributed by atoms with Crippen molar-refractivity contribution in [2.24, 2.45) is 11.8 Å². The molecular formula is C21H30O2. The van der Waals surface area contributed by atoms with Crippen molar-refractivity contribution in [2.45, 2.75) is 65.2 Å². The van der Waals surface area contributed by atoms with Crippen LogP contribution in [0.4, 0.5) is 0 Å². The van der Waals surface area contributed by atoms with E-state index in [1.54, 1.807) is 0 Å². The highest BCUT2D eigenvalue weighted by molar-refractivity contribution is 5.77. The zero-order valence-electron chi connectivity index (χ0n) is 14.6. The number of allylic oxidation sites excluding steroid dienone is 1. The highest BCUT2D eigenvalue weighted by Crippen LogP contribution is 2.31. The number of carbonyl (C=O) groups excluding carboxylic acids is 1. The highest BCUT2D eigenvalue weighted by Gasteiger charge is 2.23. The number of para-hydroxylation sites is 1. The quantitative estimate of drug-likeness (QED) is 0.257. The van der Waals surface area contributed by atoms with Crippen molar-refractivity contribution in [2.75, 3.05) is 0 Å². The summed E-state index contributed by atoms with van der Waals surface area (Å²) in [6.45, 7) is 4.23. The molecule has 0 aliphatic heterocycles. The van der Waals surface area contributed by atoms with Crippen LogP contribution in [0.3, 0.4) is 0 Å². The predicted octanol–water partition coefficient (Wildman–Crippen LogP) is 5.93. The first-order chi connectivity index (χ1) is 11.2. The molecule has 0 aromatic heterocycles. The van der Waals surface area contributed by atoms with E-state index in [0.29, 0.717) is 5.75 Å². The van der Waals surface area contributed by atoms with Crippen molar-refractivity contribution in [1.82, 2.24) is 0 Å². The summed E-state index contributed by atoms with van der Waals surface area (Å²) in [5.74, 6) is 1.18. The molecule has 1 aliphatic rings. The number of unbranched alkanes of at least 4 members (excludes halogenated alkanes) is 3. The smallest absolute Gasteiger partial charge is 0.318 e. The number of ether oxygens (including phenoxy) is 1. The van der Waals surface area contributed by atoms with Crippen LogP contribution in [0.15, 0.2) is 42.0 Å². The molecule has 0 amide bonds. The normalized spacial score (nSPS) is 19.0. The lowest BCUT2D eigenvalue weighted by atomic mass is 9.82. The van der Waals surface area contributed by atoms with Gasteiger partial charge in [-0.3, -0.25) is 4.79 Å². The lowest BCUT2D eigenvalue weighted by molar-refractivity contribution is -0.137. The van der Waals surface area contributed by atoms with Crippen molar-refractivity contribution in [3.05, 3.63) is 42.0 Å². The van der Waals surface area contributed by atoms with Crippen LogP contribution in [0.5, 0.6) is 5.75 Å². The molecule has 0 bridgehead atoms. The fraction of sp³-hybridized carbons (Fsp3) is 0.571. The third-order valence-electron chi connectivity index (χ3n) is 4.89. The Labute approximate surface area is 140 Å². The Morgan fingerprint density at radius 2 is 2.00 bits per heavy atom. The second-order valence-corrected chi connectivity index (χ2v) is 6.72. The number of esters is 1. The molecule has 2 nitrogen and oxygen atoms in total. The van der Waals surface area contributed by atoms with E-state index in [0.717, 1.165) is 18.8 Å². The maximum atomic E-state index is 12.3. The van der Waals surface area contributed by atoms with Crippen LogP contribution in [0, 0.1) is 11.8 Å². The van der Waals surface area contributed by atoms with Gasteiger partial charge in [0.25, 0.3) is 0 Å². The molecule has 126 valence electrons. The van der Waals surface area contributed by atoms with Gasteiger partial charge in [0.2, 0.25) is 0 Å². The summed E-state index contributed by atoms with van der Waals surface area (Å²) in [6, 6.07) is 9.34. The zero-order chi connectivity index (χ0) is 16.5. The third-order valence-corrected chi connectivity index (χ3v) is 4.89. The molecule has 0 N–H and O–H groups in total. The molecule has 1 aromatic rings. The molecule has 0 saturated heterocycles. The van der Waals surface area contributed by atoms with Crippen LogP contribution in [0.2, 0.25) is 0 Å². The Kier molecular flexibility index (Phi) is 7.38. The van der Waals surface area contributed by atoms with Crippen molar-refractivity contribution < 1.29 is 9.53 Å². The van der Waals surface area contributed by atoms with Gasteiger partial charge in [-0.1, -0.05) is 68.9 Å². The van der Waals surface area contributed by atoms with Gasteiger partial charge in [-0.15, -0.1) is 0 Å². The standard InChI is InChI=1S/C21H30O2/c1-3-4-5-7-10-18-13-15-19(16-14-18)17(2)21(22)23-20-11-8-6-9-12-20/h6,8-9,11-12,15,17-18H,3-5,7,10,13-14,16H2,1-2H3. The molecular weight excluding hydrogens is 284 g/mol. The van der Waals surface area contributed by atoms with Gasteiger partial charge in [0.15, 0.2) is 0 Å². The van der Waals surface area contributed by atoms with E-state index in [2.05, 4.69) is 13.0 Å². The Morgan fingerprint density at radius 1 is 1.22 bits per heavy atom. The van der Waals surface area contributed by atoms with E-state index in [4.69, 9.17) is 4.74 Å². The van der Waals surface area contributed by atoms with Crippen molar-refractivity contribution in [1.29, 1.82) is 0 Å². The molecule has 0 radical (unpaired) electrons. The summed E-state index contributed by atoms with van der Waals surface area (Å²) in [5, 5.41) is 0. The number of benzene rings is 1. The average molecular weight is 314 g/mol. The van der Waals surface area contributed by atoms with Crippen LogP contribution in [0.25, 0.3) is 0 Å². The number of hydrogen-bond acceptors (Lipinski definition) is 2. The van der Waals surface area contributed by atoms with Gasteiger partial charge in [0.05, 0.1) is 5.92 Å². The monoisotopic (exact) mass is 314 g/mol. The summed E-state index contributed by atoms with van der Waals surface area (Å²) in [4.78, 5) is 12.3. The van der Waals surface area contributed by atoms with Gasteiger partial charge in [0, 0.05) is 0 Å².